The zero-order valence-electron chi connectivity index (χ0n) is 14.0. The largest absolute Gasteiger partial charge is 0.289 e. The van der Waals surface area contributed by atoms with Gasteiger partial charge in [-0.1, -0.05) is 53.9 Å². The Morgan fingerprint density at radius 3 is 2.21 bits per heavy atom. The molecule has 3 rings (SSSR count). The summed E-state index contributed by atoms with van der Waals surface area (Å²) in [6.07, 6.45) is 0. The second-order valence-electron chi connectivity index (χ2n) is 5.80. The predicted octanol–water partition coefficient (Wildman–Crippen LogP) is 5.30. The SMILES string of the molecule is Cc1ccc(C#Cc2sc(C)c(C)c2C(=O)c2ccccc2)cc1. The van der Waals surface area contributed by atoms with E-state index in [-0.39, 0.29) is 5.78 Å². The Hall–Kier alpha value is -2.63. The van der Waals surface area contributed by atoms with E-state index in [4.69, 9.17) is 0 Å². The van der Waals surface area contributed by atoms with Gasteiger partial charge in [0.15, 0.2) is 5.78 Å². The highest BCUT2D eigenvalue weighted by molar-refractivity contribution is 7.13. The molecule has 1 nitrogen and oxygen atoms in total. The van der Waals surface area contributed by atoms with Crippen LogP contribution < -0.4 is 0 Å². The molecule has 0 saturated heterocycles. The number of thiophene rings is 1. The molecule has 0 fully saturated rings. The average molecular weight is 330 g/mol. The number of aryl methyl sites for hydroxylation is 2. The average Bonchev–Trinajstić information content (AvgIpc) is 2.89. The Labute approximate surface area is 147 Å². The van der Waals surface area contributed by atoms with Gasteiger partial charge >= 0.3 is 0 Å². The Balaban J connectivity index is 2.03. The van der Waals surface area contributed by atoms with Crippen molar-refractivity contribution in [2.75, 3.05) is 0 Å². The Morgan fingerprint density at radius 2 is 1.54 bits per heavy atom. The highest BCUT2D eigenvalue weighted by Gasteiger charge is 2.19. The molecule has 0 amide bonds. The first-order valence-corrected chi connectivity index (χ1v) is 8.66. The number of benzene rings is 2. The molecule has 0 radical (unpaired) electrons. The van der Waals surface area contributed by atoms with Gasteiger partial charge in [0.25, 0.3) is 0 Å². The lowest BCUT2D eigenvalue weighted by Crippen LogP contribution is -2.03. The molecule has 3 aromatic rings. The maximum Gasteiger partial charge on any atom is 0.195 e. The molecule has 0 N–H and O–H groups in total. The molecule has 0 unspecified atom stereocenters. The first kappa shape index (κ1) is 16.2. The lowest BCUT2D eigenvalue weighted by atomic mass is 9.99. The highest BCUT2D eigenvalue weighted by Crippen LogP contribution is 2.29. The van der Waals surface area contributed by atoms with Crippen LogP contribution in [0.15, 0.2) is 54.6 Å². The number of carbonyl (C=O) groups excluding carboxylic acids is 1. The summed E-state index contributed by atoms with van der Waals surface area (Å²) < 4.78 is 0. The molecular formula is C22H18OS. The van der Waals surface area contributed by atoms with Crippen LogP contribution in [0.5, 0.6) is 0 Å². The summed E-state index contributed by atoms with van der Waals surface area (Å²) in [7, 11) is 0. The lowest BCUT2D eigenvalue weighted by molar-refractivity contribution is 0.103. The van der Waals surface area contributed by atoms with E-state index in [9.17, 15) is 4.79 Å². The van der Waals surface area contributed by atoms with Crippen molar-refractivity contribution >= 4 is 17.1 Å². The van der Waals surface area contributed by atoms with Crippen molar-refractivity contribution in [3.63, 3.8) is 0 Å². The first-order valence-electron chi connectivity index (χ1n) is 7.84. The minimum atomic E-state index is 0.0469. The zero-order valence-corrected chi connectivity index (χ0v) is 14.8. The smallest absolute Gasteiger partial charge is 0.195 e. The van der Waals surface area contributed by atoms with E-state index < -0.39 is 0 Å². The molecule has 1 aromatic heterocycles. The first-order chi connectivity index (χ1) is 11.6. The third kappa shape index (κ3) is 3.32. The predicted molar refractivity (Wildman–Crippen MR) is 101 cm³/mol. The fraction of sp³-hybridized carbons (Fsp3) is 0.136. The monoisotopic (exact) mass is 330 g/mol. The van der Waals surface area contributed by atoms with Crippen LogP contribution >= 0.6 is 11.3 Å². The van der Waals surface area contributed by atoms with Crippen LogP contribution in [-0.2, 0) is 0 Å². The fourth-order valence-electron chi connectivity index (χ4n) is 2.49. The fourth-order valence-corrected chi connectivity index (χ4v) is 3.50. The van der Waals surface area contributed by atoms with Gasteiger partial charge in [0, 0.05) is 16.0 Å². The van der Waals surface area contributed by atoms with E-state index in [0.29, 0.717) is 5.56 Å². The molecule has 0 spiro atoms. The zero-order chi connectivity index (χ0) is 17.1. The Kier molecular flexibility index (Phi) is 4.64. The summed E-state index contributed by atoms with van der Waals surface area (Å²) >= 11 is 1.59. The minimum Gasteiger partial charge on any atom is -0.289 e. The molecule has 0 bridgehead atoms. The Morgan fingerprint density at radius 1 is 0.875 bits per heavy atom. The molecule has 24 heavy (non-hydrogen) atoms. The molecule has 2 heteroatoms. The van der Waals surface area contributed by atoms with E-state index in [2.05, 4.69) is 18.8 Å². The molecule has 0 aliphatic rings. The normalized spacial score (nSPS) is 10.1. The topological polar surface area (TPSA) is 17.1 Å². The molecule has 0 atom stereocenters. The summed E-state index contributed by atoms with van der Waals surface area (Å²) in [5.41, 5.74) is 4.65. The van der Waals surface area contributed by atoms with Crippen molar-refractivity contribution in [2.45, 2.75) is 20.8 Å². The second-order valence-corrected chi connectivity index (χ2v) is 7.02. The number of ketones is 1. The van der Waals surface area contributed by atoms with Crippen LogP contribution in [0.2, 0.25) is 0 Å². The van der Waals surface area contributed by atoms with Gasteiger partial charge in [0.05, 0.1) is 10.4 Å². The summed E-state index contributed by atoms with van der Waals surface area (Å²) in [6, 6.07) is 17.5. The van der Waals surface area contributed by atoms with Crippen LogP contribution in [0, 0.1) is 32.6 Å². The van der Waals surface area contributed by atoms with E-state index in [1.54, 1.807) is 11.3 Å². The van der Waals surface area contributed by atoms with Crippen LogP contribution in [-0.4, -0.2) is 5.78 Å². The van der Waals surface area contributed by atoms with Crippen molar-refractivity contribution in [1.29, 1.82) is 0 Å². The standard InChI is InChI=1S/C22H18OS/c1-15-9-11-18(12-10-15)13-14-20-21(16(2)17(3)24-20)22(23)19-7-5-4-6-8-19/h4-12H,1-3H3. The Bertz CT molecular complexity index is 935. The molecule has 1 heterocycles. The molecule has 118 valence electrons. The quantitative estimate of drug-likeness (QED) is 0.460. The van der Waals surface area contributed by atoms with E-state index in [1.807, 2.05) is 68.4 Å². The van der Waals surface area contributed by atoms with Crippen LogP contribution in [0.25, 0.3) is 0 Å². The molecule has 0 saturated carbocycles. The van der Waals surface area contributed by atoms with Gasteiger partial charge in [-0.25, -0.2) is 0 Å². The third-order valence-electron chi connectivity index (χ3n) is 4.02. The summed E-state index contributed by atoms with van der Waals surface area (Å²) in [6.45, 7) is 6.09. The van der Waals surface area contributed by atoms with Crippen molar-refractivity contribution in [1.82, 2.24) is 0 Å². The van der Waals surface area contributed by atoms with E-state index in [0.717, 1.165) is 26.4 Å². The van der Waals surface area contributed by atoms with Gasteiger partial charge in [-0.15, -0.1) is 11.3 Å². The second kappa shape index (κ2) is 6.86. The van der Waals surface area contributed by atoms with Crippen molar-refractivity contribution in [2.24, 2.45) is 0 Å². The third-order valence-corrected chi connectivity index (χ3v) is 5.14. The minimum absolute atomic E-state index is 0.0469. The summed E-state index contributed by atoms with van der Waals surface area (Å²) in [5.74, 6) is 6.44. The lowest BCUT2D eigenvalue weighted by Gasteiger charge is -2.02. The van der Waals surface area contributed by atoms with Crippen LogP contribution in [0.3, 0.4) is 0 Å². The molecule has 0 aliphatic heterocycles. The number of carbonyl (C=O) groups is 1. The van der Waals surface area contributed by atoms with Crippen molar-refractivity contribution in [3.05, 3.63) is 92.2 Å². The highest BCUT2D eigenvalue weighted by atomic mass is 32.1. The van der Waals surface area contributed by atoms with Gasteiger partial charge < -0.3 is 0 Å². The summed E-state index contributed by atoms with van der Waals surface area (Å²) in [4.78, 5) is 14.9. The number of hydrogen-bond acceptors (Lipinski definition) is 2. The molecule has 0 aliphatic carbocycles. The number of rotatable bonds is 2. The van der Waals surface area contributed by atoms with E-state index in [1.165, 1.54) is 5.56 Å². The maximum absolute atomic E-state index is 12.9. The molecular weight excluding hydrogens is 312 g/mol. The van der Waals surface area contributed by atoms with Crippen LogP contribution in [0.4, 0.5) is 0 Å². The van der Waals surface area contributed by atoms with Crippen LogP contribution in [0.1, 0.15) is 42.4 Å². The van der Waals surface area contributed by atoms with Gasteiger partial charge in [0.1, 0.15) is 0 Å². The van der Waals surface area contributed by atoms with E-state index >= 15 is 0 Å². The number of hydrogen-bond donors (Lipinski definition) is 0. The summed E-state index contributed by atoms with van der Waals surface area (Å²) in [5, 5.41) is 0. The molecule has 2 aromatic carbocycles. The van der Waals surface area contributed by atoms with Crippen molar-refractivity contribution in [3.8, 4) is 11.8 Å². The van der Waals surface area contributed by atoms with Gasteiger partial charge in [-0.2, -0.15) is 0 Å². The van der Waals surface area contributed by atoms with Gasteiger partial charge in [-0.05, 0) is 44.4 Å². The van der Waals surface area contributed by atoms with Crippen molar-refractivity contribution < 1.29 is 4.79 Å². The van der Waals surface area contributed by atoms with Gasteiger partial charge in [0.2, 0.25) is 0 Å². The maximum atomic E-state index is 12.9. The van der Waals surface area contributed by atoms with Gasteiger partial charge in [-0.3, -0.25) is 4.79 Å².